The third-order valence-corrected chi connectivity index (χ3v) is 8.02. The summed E-state index contributed by atoms with van der Waals surface area (Å²) in [5.74, 6) is 1.71. The summed E-state index contributed by atoms with van der Waals surface area (Å²) >= 11 is 0. The van der Waals surface area contributed by atoms with E-state index >= 15 is 0 Å². The van der Waals surface area contributed by atoms with Gasteiger partial charge in [0.05, 0.1) is 5.54 Å². The fourth-order valence-corrected chi connectivity index (χ4v) is 5.94. The van der Waals surface area contributed by atoms with E-state index in [-0.39, 0.29) is 19.5 Å². The Labute approximate surface area is 218 Å². The normalized spacial score (nSPS) is 23.3. The van der Waals surface area contributed by atoms with Crippen LogP contribution in [-0.2, 0) is 30.7 Å². The number of nitrogens with zero attached hydrogens (tertiary/aromatic N) is 5. The van der Waals surface area contributed by atoms with E-state index in [1.165, 1.54) is 0 Å². The Morgan fingerprint density at radius 3 is 2.84 bits per heavy atom. The van der Waals surface area contributed by atoms with Gasteiger partial charge in [-0.25, -0.2) is 4.79 Å². The van der Waals surface area contributed by atoms with Gasteiger partial charge in [-0.3, -0.25) is 9.78 Å². The predicted octanol–water partition coefficient (Wildman–Crippen LogP) is 4.22. The molecule has 9 heteroatoms. The SMILES string of the molecule is CC1(NC(=O)c2cc3c(cn2)CCN(C(=O)OC2CCCC2)C3)C=CC=C(c2nnc3n2CCCC3)C1.[HH]. The molecule has 2 amide bonds. The highest BCUT2D eigenvalue weighted by Crippen LogP contribution is 2.31. The zero-order valence-corrected chi connectivity index (χ0v) is 21.4. The number of hydrogen-bond acceptors (Lipinski definition) is 6. The van der Waals surface area contributed by atoms with Crippen LogP contribution in [0, 0.1) is 0 Å². The van der Waals surface area contributed by atoms with Gasteiger partial charge >= 0.3 is 6.09 Å². The van der Waals surface area contributed by atoms with Crippen molar-refractivity contribution < 1.29 is 15.8 Å². The fourth-order valence-electron chi connectivity index (χ4n) is 5.94. The summed E-state index contributed by atoms with van der Waals surface area (Å²) in [4.78, 5) is 32.2. The Hall–Kier alpha value is -3.49. The molecule has 9 nitrogen and oxygen atoms in total. The number of nitrogens with one attached hydrogen (secondary N) is 1. The van der Waals surface area contributed by atoms with Gasteiger partial charge in [-0.15, -0.1) is 10.2 Å². The van der Waals surface area contributed by atoms with Gasteiger partial charge in [-0.2, -0.15) is 0 Å². The van der Waals surface area contributed by atoms with Crippen molar-refractivity contribution in [2.75, 3.05) is 6.54 Å². The average molecular weight is 505 g/mol. The highest BCUT2D eigenvalue weighted by Gasteiger charge is 2.32. The average Bonchev–Trinajstić information content (AvgIpc) is 3.58. The molecule has 2 aromatic rings. The molecule has 2 aromatic heterocycles. The lowest BCUT2D eigenvalue weighted by atomic mass is 9.87. The smallest absolute Gasteiger partial charge is 0.410 e. The van der Waals surface area contributed by atoms with Gasteiger partial charge in [0.2, 0.25) is 0 Å². The number of aryl methyl sites for hydroxylation is 1. The molecule has 4 aliphatic rings. The molecule has 6 rings (SSSR count). The molecule has 2 aliphatic carbocycles. The van der Waals surface area contributed by atoms with Crippen LogP contribution < -0.4 is 5.32 Å². The number of hydrogen-bond donors (Lipinski definition) is 1. The number of aromatic nitrogens is 4. The Kier molecular flexibility index (Phi) is 6.30. The molecular weight excluding hydrogens is 468 g/mol. The van der Waals surface area contributed by atoms with Gasteiger partial charge in [-0.05, 0) is 74.6 Å². The van der Waals surface area contributed by atoms with Gasteiger partial charge in [0.25, 0.3) is 5.91 Å². The Morgan fingerprint density at radius 1 is 1.11 bits per heavy atom. The Bertz CT molecular complexity index is 1280. The van der Waals surface area contributed by atoms with Crippen molar-refractivity contribution in [3.8, 4) is 0 Å². The quantitative estimate of drug-likeness (QED) is 0.669. The standard InChI is InChI=1S/C28H34N6O3.H2/c1-28(12-6-7-19(16-28)25-32-31-24-10-4-5-13-34(24)25)30-26(35)23-15-21-18-33(14-11-20(21)17-29-23)27(36)37-22-8-2-3-9-22;/h6-7,12,15,17,22H,2-5,8-11,13-14,16,18H2,1H3,(H,30,35);1H. The summed E-state index contributed by atoms with van der Waals surface area (Å²) in [6, 6.07) is 1.82. The topological polar surface area (TPSA) is 102 Å². The van der Waals surface area contributed by atoms with E-state index in [1.807, 2.05) is 25.1 Å². The first kappa shape index (κ1) is 23.9. The van der Waals surface area contributed by atoms with E-state index in [9.17, 15) is 9.59 Å². The van der Waals surface area contributed by atoms with E-state index in [4.69, 9.17) is 4.74 Å². The molecule has 1 unspecified atom stereocenters. The molecule has 1 fully saturated rings. The van der Waals surface area contributed by atoms with Crippen molar-refractivity contribution in [2.45, 2.75) is 89.4 Å². The van der Waals surface area contributed by atoms with Crippen LogP contribution in [0.1, 0.15) is 86.6 Å². The molecule has 0 saturated heterocycles. The molecule has 2 aliphatic heterocycles. The molecule has 1 atom stereocenters. The van der Waals surface area contributed by atoms with Gasteiger partial charge < -0.3 is 19.5 Å². The van der Waals surface area contributed by atoms with Crippen LogP contribution in [0.5, 0.6) is 0 Å². The van der Waals surface area contributed by atoms with Crippen molar-refractivity contribution in [1.29, 1.82) is 0 Å². The van der Waals surface area contributed by atoms with Crippen molar-refractivity contribution in [2.24, 2.45) is 0 Å². The molecule has 0 radical (unpaired) electrons. The minimum absolute atomic E-state index is 0. The first-order valence-corrected chi connectivity index (χ1v) is 13.5. The number of fused-ring (bicyclic) bond motifs is 2. The van der Waals surface area contributed by atoms with Crippen LogP contribution in [0.15, 0.2) is 30.5 Å². The van der Waals surface area contributed by atoms with Crippen LogP contribution in [-0.4, -0.2) is 54.8 Å². The van der Waals surface area contributed by atoms with Crippen molar-refractivity contribution in [3.05, 3.63) is 59.0 Å². The fraction of sp³-hybridized carbons (Fsp3) is 0.536. The lowest BCUT2D eigenvalue weighted by Gasteiger charge is -2.31. The lowest BCUT2D eigenvalue weighted by molar-refractivity contribution is 0.0618. The molecule has 0 aromatic carbocycles. The lowest BCUT2D eigenvalue weighted by Crippen LogP contribution is -2.45. The molecule has 4 heterocycles. The molecule has 0 spiro atoms. The van der Waals surface area contributed by atoms with Crippen LogP contribution >= 0.6 is 0 Å². The van der Waals surface area contributed by atoms with E-state index in [2.05, 4.69) is 31.1 Å². The minimum Gasteiger partial charge on any atom is -0.446 e. The highest BCUT2D eigenvalue weighted by molar-refractivity contribution is 5.93. The summed E-state index contributed by atoms with van der Waals surface area (Å²) in [6.45, 7) is 3.99. The number of carbonyl (C=O) groups is 2. The van der Waals surface area contributed by atoms with Crippen molar-refractivity contribution in [3.63, 3.8) is 0 Å². The maximum absolute atomic E-state index is 13.3. The van der Waals surface area contributed by atoms with Crippen LogP contribution in [0.2, 0.25) is 0 Å². The van der Waals surface area contributed by atoms with Gasteiger partial charge in [-0.1, -0.05) is 18.2 Å². The third-order valence-electron chi connectivity index (χ3n) is 8.02. The predicted molar refractivity (Wildman–Crippen MR) is 140 cm³/mol. The first-order chi connectivity index (χ1) is 18.0. The zero-order chi connectivity index (χ0) is 25.4. The van der Waals surface area contributed by atoms with E-state index < -0.39 is 5.54 Å². The summed E-state index contributed by atoms with van der Waals surface area (Å²) in [7, 11) is 0. The third kappa shape index (κ3) is 4.91. The number of rotatable bonds is 4. The maximum atomic E-state index is 13.3. The number of carbonyl (C=O) groups excluding carboxylic acids is 2. The maximum Gasteiger partial charge on any atom is 0.410 e. The van der Waals surface area contributed by atoms with Crippen LogP contribution in [0.4, 0.5) is 4.79 Å². The number of allylic oxidation sites excluding steroid dienone is 2. The molecule has 1 saturated carbocycles. The molecular formula is C28H36N6O3. The van der Waals surface area contributed by atoms with Gasteiger partial charge in [0.1, 0.15) is 17.6 Å². The van der Waals surface area contributed by atoms with Gasteiger partial charge in [0.15, 0.2) is 5.82 Å². The van der Waals surface area contributed by atoms with Crippen molar-refractivity contribution in [1.82, 2.24) is 30.0 Å². The van der Waals surface area contributed by atoms with Gasteiger partial charge in [0, 0.05) is 40.1 Å². The second-order valence-corrected chi connectivity index (χ2v) is 10.9. The molecule has 37 heavy (non-hydrogen) atoms. The molecule has 1 N–H and O–H groups in total. The Morgan fingerprint density at radius 2 is 1.97 bits per heavy atom. The summed E-state index contributed by atoms with van der Waals surface area (Å²) in [5.41, 5.74) is 2.88. The number of pyridine rings is 1. The van der Waals surface area contributed by atoms with Crippen LogP contribution in [0.25, 0.3) is 5.57 Å². The van der Waals surface area contributed by atoms with E-state index in [0.717, 1.165) is 79.8 Å². The second-order valence-electron chi connectivity index (χ2n) is 10.9. The van der Waals surface area contributed by atoms with E-state index in [0.29, 0.717) is 31.6 Å². The Balaban J connectivity index is 0.00000294. The summed E-state index contributed by atoms with van der Waals surface area (Å²) in [5, 5.41) is 12.0. The largest absolute Gasteiger partial charge is 0.446 e. The van der Waals surface area contributed by atoms with Crippen LogP contribution in [0.3, 0.4) is 0 Å². The zero-order valence-electron chi connectivity index (χ0n) is 21.4. The monoisotopic (exact) mass is 504 g/mol. The second kappa shape index (κ2) is 9.76. The first-order valence-electron chi connectivity index (χ1n) is 13.5. The van der Waals surface area contributed by atoms with Crippen molar-refractivity contribution >= 4 is 17.6 Å². The minimum atomic E-state index is -0.572. The molecule has 0 bridgehead atoms. The number of ether oxygens (including phenoxy) is 1. The highest BCUT2D eigenvalue weighted by atomic mass is 16.6. The summed E-state index contributed by atoms with van der Waals surface area (Å²) in [6.07, 6.45) is 16.4. The summed E-state index contributed by atoms with van der Waals surface area (Å²) < 4.78 is 7.91. The van der Waals surface area contributed by atoms with E-state index in [1.54, 1.807) is 11.1 Å². The number of amides is 2. The molecule has 196 valence electrons.